The monoisotopic (exact) mass is 274 g/mol. The van der Waals surface area contributed by atoms with E-state index in [2.05, 4.69) is 38.7 Å². The Bertz CT molecular complexity index is 716. The van der Waals surface area contributed by atoms with Crippen molar-refractivity contribution in [2.24, 2.45) is 0 Å². The number of hydrogen-bond acceptors (Lipinski definition) is 3. The molecule has 0 atom stereocenters. The Labute approximate surface area is 126 Å². The van der Waals surface area contributed by atoms with Crippen LogP contribution in [0.2, 0.25) is 0 Å². The van der Waals surface area contributed by atoms with Crippen molar-refractivity contribution in [2.75, 3.05) is 0 Å². The molecule has 94 valence electrons. The summed E-state index contributed by atoms with van der Waals surface area (Å²) in [4.78, 5) is 8.89. The maximum absolute atomic E-state index is 5.30. The van der Waals surface area contributed by atoms with Crippen LogP contribution >= 0.6 is 0 Å². The minimum Gasteiger partial charge on any atom is -0.652 e. The van der Waals surface area contributed by atoms with E-state index in [1.54, 1.807) is 12.4 Å². The summed E-state index contributed by atoms with van der Waals surface area (Å²) in [5.41, 5.74) is 3.70. The lowest BCUT2D eigenvalue weighted by atomic mass is 10.0. The summed E-state index contributed by atoms with van der Waals surface area (Å²) < 4.78 is 5.30. The number of rotatable bonds is 3. The zero-order valence-corrected chi connectivity index (χ0v) is 11.9. The van der Waals surface area contributed by atoms with E-state index in [9.17, 15) is 0 Å². The van der Waals surface area contributed by atoms with Gasteiger partial charge in [-0.25, -0.2) is 0 Å². The third-order valence-electron chi connectivity index (χ3n) is 3.01. The van der Waals surface area contributed by atoms with Gasteiger partial charge in [-0.15, -0.1) is 0 Å². The minimum atomic E-state index is 0.688. The third-order valence-corrected chi connectivity index (χ3v) is 3.27. The van der Waals surface area contributed by atoms with Gasteiger partial charge in [0, 0.05) is 18.0 Å². The first-order chi connectivity index (χ1) is 9.90. The number of pyridine rings is 2. The molecule has 3 aromatic rings. The first kappa shape index (κ1) is 12.9. The molecule has 20 heavy (non-hydrogen) atoms. The largest absolute Gasteiger partial charge is 0.652 e. The smallest absolute Gasteiger partial charge is 0.482 e. The van der Waals surface area contributed by atoms with Crippen LogP contribution < -0.4 is 3.79 Å². The molecule has 0 unspecified atom stereocenters. The maximum Gasteiger partial charge on any atom is 0.482 e. The fourth-order valence-electron chi connectivity index (χ4n) is 2.11. The molecule has 0 amide bonds. The zero-order chi connectivity index (χ0) is 13.8. The van der Waals surface area contributed by atoms with Crippen LogP contribution in [0.3, 0.4) is 0 Å². The second-order valence-corrected chi connectivity index (χ2v) is 4.47. The van der Waals surface area contributed by atoms with Gasteiger partial charge < -0.3 is 3.79 Å². The van der Waals surface area contributed by atoms with Crippen LogP contribution in [-0.2, 0) is 0 Å². The van der Waals surface area contributed by atoms with Crippen LogP contribution in [0, 0.1) is 0 Å². The summed E-state index contributed by atoms with van der Waals surface area (Å²) in [6, 6.07) is 17.8. The Morgan fingerprint density at radius 3 is 2.20 bits per heavy atom. The molecule has 3 nitrogen and oxygen atoms in total. The molecule has 2 radical (unpaired) electrons. The summed E-state index contributed by atoms with van der Waals surface area (Å²) in [7, 11) is 0. The predicted octanol–water partition coefficient (Wildman–Crippen LogP) is 3.27. The predicted molar refractivity (Wildman–Crippen MR) is 79.3 cm³/mol. The van der Waals surface area contributed by atoms with Crippen LogP contribution in [0.1, 0.15) is 0 Å². The number of aromatic nitrogens is 2. The third kappa shape index (κ3) is 2.44. The van der Waals surface area contributed by atoms with E-state index in [4.69, 9.17) is 3.79 Å². The van der Waals surface area contributed by atoms with E-state index in [1.807, 2.05) is 42.5 Å². The Morgan fingerprint density at radius 1 is 0.750 bits per heavy atom. The van der Waals surface area contributed by atoms with Gasteiger partial charge in [-0.1, -0.05) is 36.4 Å². The maximum atomic E-state index is 5.30. The number of benzene rings is 1. The van der Waals surface area contributed by atoms with Crippen molar-refractivity contribution < 1.29 is 3.79 Å². The van der Waals surface area contributed by atoms with Gasteiger partial charge in [0.25, 0.3) is 0 Å². The van der Waals surface area contributed by atoms with Crippen molar-refractivity contribution in [3.05, 3.63) is 67.0 Å². The highest BCUT2D eigenvalue weighted by Gasteiger charge is 2.12. The average molecular weight is 274 g/mol. The minimum absolute atomic E-state index is 0.688. The summed E-state index contributed by atoms with van der Waals surface area (Å²) in [6.45, 7) is 0. The van der Waals surface area contributed by atoms with Crippen LogP contribution in [0.15, 0.2) is 67.0 Å². The van der Waals surface area contributed by atoms with Gasteiger partial charge in [-0.05, 0) is 23.8 Å². The second-order valence-electron chi connectivity index (χ2n) is 4.23. The van der Waals surface area contributed by atoms with Gasteiger partial charge >= 0.3 is 16.6 Å². The molecule has 0 aliphatic rings. The van der Waals surface area contributed by atoms with Gasteiger partial charge in [0.2, 0.25) is 0 Å². The molecule has 0 aliphatic heterocycles. The van der Waals surface area contributed by atoms with Crippen molar-refractivity contribution in [3.8, 4) is 28.3 Å². The molecule has 2 aromatic heterocycles. The molecular formula is C16H11AlN2O. The molecule has 0 N–H and O–H groups in total. The van der Waals surface area contributed by atoms with Crippen LogP contribution in [0.25, 0.3) is 22.5 Å². The molecule has 0 aliphatic carbocycles. The lowest BCUT2D eigenvalue weighted by Gasteiger charge is -2.12. The topological polar surface area (TPSA) is 35.0 Å². The van der Waals surface area contributed by atoms with Gasteiger partial charge in [0.15, 0.2) is 0 Å². The Kier molecular flexibility index (Phi) is 3.78. The molecule has 0 spiro atoms. The van der Waals surface area contributed by atoms with E-state index >= 15 is 0 Å². The van der Waals surface area contributed by atoms with E-state index in [-0.39, 0.29) is 0 Å². The summed E-state index contributed by atoms with van der Waals surface area (Å²) >= 11 is 2.26. The van der Waals surface area contributed by atoms with Gasteiger partial charge in [0.1, 0.15) is 17.1 Å². The summed E-state index contributed by atoms with van der Waals surface area (Å²) in [5.74, 6) is 0.688. The van der Waals surface area contributed by atoms with E-state index in [0.29, 0.717) is 5.75 Å². The fourth-order valence-corrected chi connectivity index (χ4v) is 2.30. The average Bonchev–Trinajstić information content (AvgIpc) is 2.55. The first-order valence-electron chi connectivity index (χ1n) is 6.22. The molecule has 0 bridgehead atoms. The van der Waals surface area contributed by atoms with Crippen molar-refractivity contribution in [1.29, 1.82) is 0 Å². The van der Waals surface area contributed by atoms with Crippen molar-refractivity contribution in [1.82, 2.24) is 9.97 Å². The quantitative estimate of drug-likeness (QED) is 0.687. The van der Waals surface area contributed by atoms with Crippen LogP contribution in [0.5, 0.6) is 5.75 Å². The van der Waals surface area contributed by atoms with Crippen LogP contribution in [0.4, 0.5) is 0 Å². The highest BCUT2D eigenvalue weighted by atomic mass is 27.1. The molecule has 0 fully saturated rings. The molecule has 3 rings (SSSR count). The Morgan fingerprint density at radius 2 is 1.45 bits per heavy atom. The first-order valence-corrected chi connectivity index (χ1v) is 6.70. The fraction of sp³-hybridized carbons (Fsp3) is 0. The second kappa shape index (κ2) is 5.87. The van der Waals surface area contributed by atoms with Gasteiger partial charge in [0.05, 0.1) is 0 Å². The lowest BCUT2D eigenvalue weighted by molar-refractivity contribution is 0.614. The molecule has 2 heterocycles. The standard InChI is InChI=1S/C16H12N2O.Al/c19-14-9-5-11-18-16(14)15-13(8-4-10-17-15)12-6-2-1-3-7-12;/h1-11,19H;/q;+1/p-1. The van der Waals surface area contributed by atoms with E-state index in [0.717, 1.165) is 22.5 Å². The zero-order valence-electron chi connectivity index (χ0n) is 10.7. The van der Waals surface area contributed by atoms with E-state index in [1.165, 1.54) is 0 Å². The SMILES string of the molecule is [Al][O]c1cccnc1-c1ncccc1-c1ccccc1. The van der Waals surface area contributed by atoms with Crippen LogP contribution in [-0.4, -0.2) is 26.6 Å². The highest BCUT2D eigenvalue weighted by molar-refractivity contribution is 6.00. The highest BCUT2D eigenvalue weighted by Crippen LogP contribution is 2.33. The lowest BCUT2D eigenvalue weighted by Crippen LogP contribution is -1.95. The molecule has 0 saturated heterocycles. The molecule has 4 heteroatoms. The summed E-state index contributed by atoms with van der Waals surface area (Å²) in [5, 5.41) is 0. The Hall–Kier alpha value is -2.15. The number of nitrogens with zero attached hydrogens (tertiary/aromatic N) is 2. The van der Waals surface area contributed by atoms with Gasteiger partial charge in [-0.2, -0.15) is 0 Å². The normalized spacial score (nSPS) is 10.2. The number of hydrogen-bond donors (Lipinski definition) is 0. The molecule has 0 saturated carbocycles. The van der Waals surface area contributed by atoms with Crippen molar-refractivity contribution in [3.63, 3.8) is 0 Å². The van der Waals surface area contributed by atoms with Crippen molar-refractivity contribution in [2.45, 2.75) is 0 Å². The summed E-state index contributed by atoms with van der Waals surface area (Å²) in [6.07, 6.45) is 3.51. The van der Waals surface area contributed by atoms with E-state index < -0.39 is 0 Å². The molecular weight excluding hydrogens is 263 g/mol. The van der Waals surface area contributed by atoms with Crippen molar-refractivity contribution >= 4 is 16.6 Å². The van der Waals surface area contributed by atoms with Gasteiger partial charge in [-0.3, -0.25) is 9.97 Å². The Balaban J connectivity index is 2.20. The molecule has 1 aromatic carbocycles.